The first-order valence-electron chi connectivity index (χ1n) is 11.3. The molecule has 0 fully saturated rings. The van der Waals surface area contributed by atoms with Crippen LogP contribution in [0.4, 0.5) is 11.4 Å². The minimum absolute atomic E-state index is 0.119. The average molecular weight is 449 g/mol. The van der Waals surface area contributed by atoms with E-state index in [0.717, 1.165) is 29.3 Å². The molecule has 6 nitrogen and oxygen atoms in total. The van der Waals surface area contributed by atoms with Gasteiger partial charge >= 0.3 is 0 Å². The monoisotopic (exact) mass is 448 g/mol. The Morgan fingerprint density at radius 2 is 1.39 bits per heavy atom. The van der Waals surface area contributed by atoms with E-state index in [0.29, 0.717) is 31.5 Å². The first-order valence-corrected chi connectivity index (χ1v) is 11.3. The molecule has 3 rings (SSSR count). The molecule has 0 radical (unpaired) electrons. The lowest BCUT2D eigenvalue weighted by molar-refractivity contribution is -0.114. The number of benzene rings is 3. The second-order valence-electron chi connectivity index (χ2n) is 7.96. The number of hydrogen-bond donors (Lipinski definition) is 2. The van der Waals surface area contributed by atoms with Crippen molar-refractivity contribution in [1.82, 2.24) is 0 Å². The Kier molecular flexibility index (Phi) is 9.45. The lowest BCUT2D eigenvalue weighted by Crippen LogP contribution is -2.22. The molecule has 0 spiro atoms. The molecule has 1 amide bonds. The van der Waals surface area contributed by atoms with Crippen LogP contribution in [0.3, 0.4) is 0 Å². The summed E-state index contributed by atoms with van der Waals surface area (Å²) in [6, 6.07) is 24.5. The van der Waals surface area contributed by atoms with Crippen LogP contribution in [0.25, 0.3) is 0 Å². The van der Waals surface area contributed by atoms with Crippen LogP contribution in [-0.2, 0) is 4.79 Å². The van der Waals surface area contributed by atoms with Gasteiger partial charge in [0, 0.05) is 5.69 Å². The Morgan fingerprint density at radius 3 is 2.15 bits per heavy atom. The highest BCUT2D eigenvalue weighted by molar-refractivity contribution is 5.94. The van der Waals surface area contributed by atoms with Crippen LogP contribution in [0, 0.1) is 5.92 Å². The normalized spacial score (nSPS) is 10.5. The average Bonchev–Trinajstić information content (AvgIpc) is 2.83. The van der Waals surface area contributed by atoms with Crippen molar-refractivity contribution < 1.29 is 19.0 Å². The van der Waals surface area contributed by atoms with Crippen LogP contribution in [-0.4, -0.2) is 32.3 Å². The maximum Gasteiger partial charge on any atom is 0.243 e. The summed E-state index contributed by atoms with van der Waals surface area (Å²) in [6.45, 7) is 5.96. The predicted molar refractivity (Wildman–Crippen MR) is 132 cm³/mol. The second-order valence-corrected chi connectivity index (χ2v) is 7.96. The van der Waals surface area contributed by atoms with Crippen LogP contribution >= 0.6 is 0 Å². The number of nitrogens with one attached hydrogen (secondary N) is 2. The van der Waals surface area contributed by atoms with Crippen molar-refractivity contribution >= 4 is 17.3 Å². The summed E-state index contributed by atoms with van der Waals surface area (Å²) in [4.78, 5) is 12.4. The fourth-order valence-corrected chi connectivity index (χ4v) is 2.99. The fourth-order valence-electron chi connectivity index (χ4n) is 2.99. The fraction of sp³-hybridized carbons (Fsp3) is 0.296. The molecule has 3 aromatic rings. The number of anilines is 2. The number of rotatable bonds is 13. The topological polar surface area (TPSA) is 68.8 Å². The Bertz CT molecular complexity index is 975. The zero-order chi connectivity index (χ0) is 23.3. The standard InChI is InChI=1S/C27H32N2O4/c1-21(2)16-17-31-24-14-12-22(13-15-24)29-27(30)20-28-25-10-6-7-11-26(25)33-19-18-32-23-8-4-3-5-9-23/h3-15,21,28H,16-20H2,1-2H3,(H,29,30). The smallest absolute Gasteiger partial charge is 0.243 e. The predicted octanol–water partition coefficient (Wildman–Crippen LogP) is 5.62. The van der Waals surface area contributed by atoms with Gasteiger partial charge in [0.1, 0.15) is 30.5 Å². The molecule has 0 heterocycles. The summed E-state index contributed by atoms with van der Waals surface area (Å²) in [5.41, 5.74) is 1.47. The van der Waals surface area contributed by atoms with Crippen molar-refractivity contribution in [3.63, 3.8) is 0 Å². The summed E-state index contributed by atoms with van der Waals surface area (Å²) >= 11 is 0. The molecule has 3 aromatic carbocycles. The van der Waals surface area contributed by atoms with E-state index in [-0.39, 0.29) is 12.5 Å². The van der Waals surface area contributed by atoms with E-state index in [1.54, 1.807) is 0 Å². The van der Waals surface area contributed by atoms with Crippen LogP contribution in [0.5, 0.6) is 17.2 Å². The van der Waals surface area contributed by atoms with Crippen molar-refractivity contribution in [2.24, 2.45) is 5.92 Å². The Morgan fingerprint density at radius 1 is 0.758 bits per heavy atom. The summed E-state index contributed by atoms with van der Waals surface area (Å²) in [6.07, 6.45) is 1.01. The van der Waals surface area contributed by atoms with Crippen LogP contribution in [0.15, 0.2) is 78.9 Å². The molecule has 2 N–H and O–H groups in total. The third-order valence-electron chi connectivity index (χ3n) is 4.78. The van der Waals surface area contributed by atoms with Gasteiger partial charge in [-0.2, -0.15) is 0 Å². The van der Waals surface area contributed by atoms with Gasteiger partial charge in [0.05, 0.1) is 18.8 Å². The summed E-state index contributed by atoms with van der Waals surface area (Å²) in [5.74, 6) is 2.73. The van der Waals surface area contributed by atoms with Crippen molar-refractivity contribution in [2.75, 3.05) is 37.0 Å². The second kappa shape index (κ2) is 13.0. The van der Waals surface area contributed by atoms with Gasteiger partial charge in [0.25, 0.3) is 0 Å². The molecule has 33 heavy (non-hydrogen) atoms. The van der Waals surface area contributed by atoms with Crippen LogP contribution in [0.2, 0.25) is 0 Å². The summed E-state index contributed by atoms with van der Waals surface area (Å²) in [7, 11) is 0. The van der Waals surface area contributed by atoms with Gasteiger partial charge in [-0.15, -0.1) is 0 Å². The highest BCUT2D eigenvalue weighted by atomic mass is 16.5. The van der Waals surface area contributed by atoms with Crippen molar-refractivity contribution in [2.45, 2.75) is 20.3 Å². The van der Waals surface area contributed by atoms with Gasteiger partial charge < -0.3 is 24.8 Å². The molecule has 0 bridgehead atoms. The van der Waals surface area contributed by atoms with E-state index in [1.807, 2.05) is 78.9 Å². The molecule has 0 saturated heterocycles. The Hall–Kier alpha value is -3.67. The highest BCUT2D eigenvalue weighted by Gasteiger charge is 2.07. The summed E-state index contributed by atoms with van der Waals surface area (Å²) in [5, 5.41) is 6.03. The van der Waals surface area contributed by atoms with Crippen LogP contribution < -0.4 is 24.8 Å². The number of carbonyl (C=O) groups is 1. The van der Waals surface area contributed by atoms with Gasteiger partial charge in [-0.1, -0.05) is 44.2 Å². The number of hydrogen-bond acceptors (Lipinski definition) is 5. The SMILES string of the molecule is CC(C)CCOc1ccc(NC(=O)CNc2ccccc2OCCOc2ccccc2)cc1. The van der Waals surface area contributed by atoms with E-state index in [9.17, 15) is 4.79 Å². The van der Waals surface area contributed by atoms with E-state index in [4.69, 9.17) is 14.2 Å². The molecule has 174 valence electrons. The van der Waals surface area contributed by atoms with Gasteiger partial charge in [0.2, 0.25) is 5.91 Å². The number of carbonyl (C=O) groups excluding carboxylic acids is 1. The molecule has 0 aromatic heterocycles. The maximum absolute atomic E-state index is 12.4. The first-order chi connectivity index (χ1) is 16.1. The molecule has 6 heteroatoms. The molecule has 0 aliphatic carbocycles. The largest absolute Gasteiger partial charge is 0.494 e. The van der Waals surface area contributed by atoms with E-state index in [1.165, 1.54) is 0 Å². The van der Waals surface area contributed by atoms with E-state index < -0.39 is 0 Å². The number of para-hydroxylation sites is 3. The molecular formula is C27H32N2O4. The Labute approximate surface area is 195 Å². The summed E-state index contributed by atoms with van der Waals surface area (Å²) < 4.78 is 17.2. The third kappa shape index (κ3) is 8.77. The Balaban J connectivity index is 1.41. The van der Waals surface area contributed by atoms with Crippen molar-refractivity contribution in [1.29, 1.82) is 0 Å². The van der Waals surface area contributed by atoms with Gasteiger partial charge in [-0.3, -0.25) is 4.79 Å². The third-order valence-corrected chi connectivity index (χ3v) is 4.78. The minimum atomic E-state index is -0.148. The zero-order valence-electron chi connectivity index (χ0n) is 19.3. The lowest BCUT2D eigenvalue weighted by atomic mass is 10.1. The number of ether oxygens (including phenoxy) is 3. The highest BCUT2D eigenvalue weighted by Crippen LogP contribution is 2.23. The van der Waals surface area contributed by atoms with Crippen molar-refractivity contribution in [3.8, 4) is 17.2 Å². The van der Waals surface area contributed by atoms with Crippen LogP contribution in [0.1, 0.15) is 20.3 Å². The van der Waals surface area contributed by atoms with Gasteiger partial charge in [0.15, 0.2) is 0 Å². The number of amides is 1. The molecular weight excluding hydrogens is 416 g/mol. The van der Waals surface area contributed by atoms with Crippen molar-refractivity contribution in [3.05, 3.63) is 78.9 Å². The molecule has 0 unspecified atom stereocenters. The van der Waals surface area contributed by atoms with E-state index in [2.05, 4.69) is 24.5 Å². The van der Waals surface area contributed by atoms with Gasteiger partial charge in [-0.25, -0.2) is 0 Å². The molecule has 0 aliphatic heterocycles. The lowest BCUT2D eigenvalue weighted by Gasteiger charge is -2.14. The minimum Gasteiger partial charge on any atom is -0.494 e. The molecule has 0 atom stereocenters. The first kappa shape index (κ1) is 24.0. The molecule has 0 saturated carbocycles. The van der Waals surface area contributed by atoms with Gasteiger partial charge in [-0.05, 0) is 60.9 Å². The van der Waals surface area contributed by atoms with E-state index >= 15 is 0 Å². The quantitative estimate of drug-likeness (QED) is 0.332. The zero-order valence-corrected chi connectivity index (χ0v) is 19.3. The molecule has 0 aliphatic rings. The maximum atomic E-state index is 12.4.